The molecular weight excluding hydrogens is 200 g/mol. The molecule has 2 N–H and O–H groups in total. The van der Waals surface area contributed by atoms with Crippen molar-refractivity contribution in [2.75, 3.05) is 5.73 Å². The van der Waals surface area contributed by atoms with Crippen LogP contribution >= 0.6 is 0 Å². The third-order valence-corrected chi connectivity index (χ3v) is 2.83. The zero-order chi connectivity index (χ0) is 11.1. The molecular formula is C12H14N4. The molecule has 0 saturated heterocycles. The molecule has 2 heterocycles. The van der Waals surface area contributed by atoms with Crippen LogP contribution in [0.3, 0.4) is 0 Å². The van der Waals surface area contributed by atoms with Crippen LogP contribution in [0.1, 0.15) is 24.6 Å². The highest BCUT2D eigenvalue weighted by molar-refractivity contribution is 5.65. The number of pyridine rings is 1. The Balaban J connectivity index is 2.00. The van der Waals surface area contributed by atoms with Gasteiger partial charge < -0.3 is 5.73 Å². The molecule has 1 aliphatic rings. The fourth-order valence-electron chi connectivity index (χ4n) is 1.89. The SMILES string of the molecule is Cc1cc(-c2cnn(C3CC3)c2)cc(N)n1. The van der Waals surface area contributed by atoms with E-state index in [4.69, 9.17) is 5.73 Å². The van der Waals surface area contributed by atoms with Crippen LogP contribution in [0.5, 0.6) is 0 Å². The molecule has 0 aromatic carbocycles. The second-order valence-electron chi connectivity index (χ2n) is 4.36. The molecule has 2 aromatic heterocycles. The monoisotopic (exact) mass is 214 g/mol. The van der Waals surface area contributed by atoms with Gasteiger partial charge in [0, 0.05) is 17.5 Å². The van der Waals surface area contributed by atoms with Crippen molar-refractivity contribution < 1.29 is 0 Å². The lowest BCUT2D eigenvalue weighted by Gasteiger charge is -2.01. The van der Waals surface area contributed by atoms with Gasteiger partial charge in [-0.1, -0.05) is 0 Å². The summed E-state index contributed by atoms with van der Waals surface area (Å²) in [4.78, 5) is 4.16. The fraction of sp³-hybridized carbons (Fsp3) is 0.333. The Morgan fingerprint density at radius 3 is 2.81 bits per heavy atom. The molecule has 1 saturated carbocycles. The van der Waals surface area contributed by atoms with E-state index < -0.39 is 0 Å². The molecule has 0 amide bonds. The number of hydrogen-bond acceptors (Lipinski definition) is 3. The van der Waals surface area contributed by atoms with Crippen LogP contribution < -0.4 is 5.73 Å². The first kappa shape index (κ1) is 9.39. The first-order valence-electron chi connectivity index (χ1n) is 5.51. The molecule has 82 valence electrons. The van der Waals surface area contributed by atoms with Gasteiger partial charge >= 0.3 is 0 Å². The molecule has 1 aliphatic carbocycles. The number of aromatic nitrogens is 3. The van der Waals surface area contributed by atoms with Gasteiger partial charge in [-0.3, -0.25) is 4.68 Å². The third kappa shape index (κ3) is 1.66. The van der Waals surface area contributed by atoms with Crippen LogP contribution in [0.2, 0.25) is 0 Å². The van der Waals surface area contributed by atoms with Gasteiger partial charge in [0.1, 0.15) is 5.82 Å². The summed E-state index contributed by atoms with van der Waals surface area (Å²) in [7, 11) is 0. The molecule has 0 unspecified atom stereocenters. The second kappa shape index (κ2) is 3.33. The third-order valence-electron chi connectivity index (χ3n) is 2.83. The number of nitrogen functional groups attached to an aromatic ring is 1. The van der Waals surface area contributed by atoms with Crippen molar-refractivity contribution in [2.24, 2.45) is 0 Å². The lowest BCUT2D eigenvalue weighted by Crippen LogP contribution is -1.93. The van der Waals surface area contributed by atoms with E-state index in [1.54, 1.807) is 0 Å². The van der Waals surface area contributed by atoms with Crippen molar-refractivity contribution in [3.63, 3.8) is 0 Å². The Hall–Kier alpha value is -1.84. The Bertz CT molecular complexity index is 505. The van der Waals surface area contributed by atoms with E-state index in [-0.39, 0.29) is 0 Å². The van der Waals surface area contributed by atoms with Crippen LogP contribution in [0.15, 0.2) is 24.5 Å². The molecule has 0 bridgehead atoms. The lowest BCUT2D eigenvalue weighted by molar-refractivity contribution is 0.642. The van der Waals surface area contributed by atoms with E-state index in [9.17, 15) is 0 Å². The zero-order valence-electron chi connectivity index (χ0n) is 9.22. The number of rotatable bonds is 2. The van der Waals surface area contributed by atoms with Crippen LogP contribution in [-0.2, 0) is 0 Å². The molecule has 0 radical (unpaired) electrons. The molecule has 2 aromatic rings. The van der Waals surface area contributed by atoms with Crippen LogP contribution in [0.25, 0.3) is 11.1 Å². The topological polar surface area (TPSA) is 56.7 Å². The largest absolute Gasteiger partial charge is 0.384 e. The Labute approximate surface area is 94.1 Å². The van der Waals surface area contributed by atoms with Gasteiger partial charge in [0.05, 0.1) is 12.2 Å². The average Bonchev–Trinajstić information content (AvgIpc) is 2.95. The summed E-state index contributed by atoms with van der Waals surface area (Å²) in [6, 6.07) is 4.54. The maximum atomic E-state index is 5.74. The summed E-state index contributed by atoms with van der Waals surface area (Å²) in [5.74, 6) is 0.564. The first-order chi connectivity index (χ1) is 7.72. The van der Waals surface area contributed by atoms with E-state index in [0.29, 0.717) is 11.9 Å². The van der Waals surface area contributed by atoms with Crippen molar-refractivity contribution in [1.29, 1.82) is 0 Å². The van der Waals surface area contributed by atoms with Crippen LogP contribution in [0.4, 0.5) is 5.82 Å². The smallest absolute Gasteiger partial charge is 0.124 e. The molecule has 4 heteroatoms. The standard InChI is InChI=1S/C12H14N4/c1-8-4-9(5-12(13)15-8)10-6-14-16(7-10)11-2-3-11/h4-7,11H,2-3H2,1H3,(H2,13,15). The van der Waals surface area contributed by atoms with Crippen molar-refractivity contribution >= 4 is 5.82 Å². The van der Waals surface area contributed by atoms with Gasteiger partial charge in [0.2, 0.25) is 0 Å². The maximum absolute atomic E-state index is 5.74. The van der Waals surface area contributed by atoms with Gasteiger partial charge in [0.25, 0.3) is 0 Å². The first-order valence-corrected chi connectivity index (χ1v) is 5.51. The van der Waals surface area contributed by atoms with Crippen molar-refractivity contribution in [2.45, 2.75) is 25.8 Å². The van der Waals surface area contributed by atoms with Crippen LogP contribution in [-0.4, -0.2) is 14.8 Å². The Morgan fingerprint density at radius 1 is 1.31 bits per heavy atom. The molecule has 0 aliphatic heterocycles. The Kier molecular flexibility index (Phi) is 1.96. The van der Waals surface area contributed by atoms with E-state index in [1.807, 2.05) is 29.9 Å². The van der Waals surface area contributed by atoms with E-state index in [0.717, 1.165) is 16.8 Å². The average molecular weight is 214 g/mol. The number of anilines is 1. The molecule has 1 fully saturated rings. The summed E-state index contributed by atoms with van der Waals surface area (Å²) >= 11 is 0. The number of nitrogens with two attached hydrogens (primary N) is 1. The quantitative estimate of drug-likeness (QED) is 0.833. The van der Waals surface area contributed by atoms with Crippen molar-refractivity contribution in [3.05, 3.63) is 30.2 Å². The van der Waals surface area contributed by atoms with Gasteiger partial charge in [-0.2, -0.15) is 5.10 Å². The molecule has 16 heavy (non-hydrogen) atoms. The zero-order valence-corrected chi connectivity index (χ0v) is 9.22. The lowest BCUT2D eigenvalue weighted by atomic mass is 10.1. The summed E-state index contributed by atoms with van der Waals surface area (Å²) in [6.45, 7) is 1.95. The van der Waals surface area contributed by atoms with Gasteiger partial charge in [-0.25, -0.2) is 4.98 Å². The highest BCUT2D eigenvalue weighted by atomic mass is 15.3. The number of hydrogen-bond donors (Lipinski definition) is 1. The summed E-state index contributed by atoms with van der Waals surface area (Å²) < 4.78 is 2.04. The predicted molar refractivity (Wildman–Crippen MR) is 62.9 cm³/mol. The fourth-order valence-corrected chi connectivity index (χ4v) is 1.89. The summed E-state index contributed by atoms with van der Waals surface area (Å²) in [5.41, 5.74) is 8.89. The van der Waals surface area contributed by atoms with Crippen LogP contribution in [0, 0.1) is 6.92 Å². The minimum Gasteiger partial charge on any atom is -0.384 e. The number of aryl methyl sites for hydroxylation is 1. The maximum Gasteiger partial charge on any atom is 0.124 e. The van der Waals surface area contributed by atoms with E-state index in [2.05, 4.69) is 16.3 Å². The minimum atomic E-state index is 0.564. The minimum absolute atomic E-state index is 0.564. The molecule has 0 atom stereocenters. The Morgan fingerprint density at radius 2 is 2.12 bits per heavy atom. The highest BCUT2D eigenvalue weighted by Crippen LogP contribution is 2.35. The molecule has 4 nitrogen and oxygen atoms in total. The van der Waals surface area contributed by atoms with Gasteiger partial charge in [0.15, 0.2) is 0 Å². The van der Waals surface area contributed by atoms with Gasteiger partial charge in [-0.05, 0) is 37.5 Å². The summed E-state index contributed by atoms with van der Waals surface area (Å²) in [5, 5.41) is 4.37. The normalized spacial score (nSPS) is 15.3. The van der Waals surface area contributed by atoms with Crippen molar-refractivity contribution in [1.82, 2.24) is 14.8 Å². The van der Waals surface area contributed by atoms with Gasteiger partial charge in [-0.15, -0.1) is 0 Å². The molecule has 0 spiro atoms. The predicted octanol–water partition coefficient (Wildman–Crippen LogP) is 2.17. The molecule has 3 rings (SSSR count). The van der Waals surface area contributed by atoms with E-state index >= 15 is 0 Å². The van der Waals surface area contributed by atoms with Crippen molar-refractivity contribution in [3.8, 4) is 11.1 Å². The van der Waals surface area contributed by atoms with E-state index in [1.165, 1.54) is 12.8 Å². The number of nitrogens with zero attached hydrogens (tertiary/aromatic N) is 3. The second-order valence-corrected chi connectivity index (χ2v) is 4.36. The highest BCUT2D eigenvalue weighted by Gasteiger charge is 2.24. The summed E-state index contributed by atoms with van der Waals surface area (Å²) in [6.07, 6.45) is 6.48.